The number of nitrogens with zero attached hydrogens (tertiary/aromatic N) is 1. The molecule has 1 atom stereocenters. The van der Waals surface area contributed by atoms with E-state index >= 15 is 0 Å². The monoisotopic (exact) mass is 243 g/mol. The first-order valence-electron chi connectivity index (χ1n) is 7.06. The number of hydrogen-bond acceptors (Lipinski definition) is 3. The summed E-state index contributed by atoms with van der Waals surface area (Å²) in [6.07, 6.45) is 0. The fraction of sp³-hybridized carbons (Fsp3) is 1.00. The number of nitrogens with one attached hydrogen (secondary N) is 1. The molecule has 0 fully saturated rings. The Hall–Kier alpha value is -0.120. The molecule has 0 aliphatic carbocycles. The Morgan fingerprint density at radius 1 is 1.00 bits per heavy atom. The lowest BCUT2D eigenvalue weighted by Gasteiger charge is -2.31. The van der Waals surface area contributed by atoms with Crippen molar-refractivity contribution in [3.05, 3.63) is 0 Å². The molecule has 0 aromatic rings. The van der Waals surface area contributed by atoms with E-state index in [0.717, 1.165) is 26.2 Å². The van der Waals surface area contributed by atoms with Crippen molar-refractivity contribution in [2.24, 2.45) is 17.6 Å². The van der Waals surface area contributed by atoms with Gasteiger partial charge in [-0.1, -0.05) is 13.8 Å². The molecule has 0 bridgehead atoms. The molecule has 3 nitrogen and oxygen atoms in total. The third-order valence-corrected chi connectivity index (χ3v) is 3.53. The van der Waals surface area contributed by atoms with E-state index in [1.54, 1.807) is 0 Å². The third kappa shape index (κ3) is 7.02. The van der Waals surface area contributed by atoms with Gasteiger partial charge in [-0.15, -0.1) is 0 Å². The summed E-state index contributed by atoms with van der Waals surface area (Å²) in [5.41, 5.74) is 5.76. The van der Waals surface area contributed by atoms with Crippen molar-refractivity contribution in [1.82, 2.24) is 10.2 Å². The highest BCUT2D eigenvalue weighted by Gasteiger charge is 2.13. The molecule has 0 spiro atoms. The van der Waals surface area contributed by atoms with Crippen molar-refractivity contribution in [1.29, 1.82) is 0 Å². The standard InChI is InChI=1S/C14H33N3/c1-11(2)14(9-15)10-16-7-8-17(12(3)4)13(5)6/h11-14,16H,7-10,15H2,1-6H3. The molecular formula is C14H33N3. The molecule has 3 heteroatoms. The Kier molecular flexibility index (Phi) is 8.83. The SMILES string of the molecule is CC(C)C(CN)CNCCN(C(C)C)C(C)C. The van der Waals surface area contributed by atoms with Crippen LogP contribution >= 0.6 is 0 Å². The van der Waals surface area contributed by atoms with Gasteiger partial charge in [0.15, 0.2) is 0 Å². The van der Waals surface area contributed by atoms with Crippen molar-refractivity contribution in [3.8, 4) is 0 Å². The highest BCUT2D eigenvalue weighted by atomic mass is 15.2. The van der Waals surface area contributed by atoms with Crippen LogP contribution in [0, 0.1) is 11.8 Å². The predicted octanol–water partition coefficient (Wildman–Crippen LogP) is 1.93. The third-order valence-electron chi connectivity index (χ3n) is 3.53. The van der Waals surface area contributed by atoms with Crippen LogP contribution in [0.3, 0.4) is 0 Å². The second-order valence-corrected chi connectivity index (χ2v) is 5.87. The zero-order valence-corrected chi connectivity index (χ0v) is 12.7. The molecule has 1 unspecified atom stereocenters. The molecule has 17 heavy (non-hydrogen) atoms. The molecular weight excluding hydrogens is 210 g/mol. The summed E-state index contributed by atoms with van der Waals surface area (Å²) >= 11 is 0. The van der Waals surface area contributed by atoms with E-state index in [9.17, 15) is 0 Å². The normalized spacial score (nSPS) is 14.3. The molecule has 0 aromatic carbocycles. The minimum Gasteiger partial charge on any atom is -0.330 e. The maximum atomic E-state index is 5.76. The largest absolute Gasteiger partial charge is 0.330 e. The van der Waals surface area contributed by atoms with Gasteiger partial charge in [0, 0.05) is 25.2 Å². The fourth-order valence-corrected chi connectivity index (χ4v) is 2.20. The Morgan fingerprint density at radius 3 is 1.88 bits per heavy atom. The van der Waals surface area contributed by atoms with Gasteiger partial charge in [0.2, 0.25) is 0 Å². The van der Waals surface area contributed by atoms with Gasteiger partial charge in [0.05, 0.1) is 0 Å². The highest BCUT2D eigenvalue weighted by molar-refractivity contribution is 4.70. The van der Waals surface area contributed by atoms with E-state index in [1.807, 2.05) is 0 Å². The number of nitrogens with two attached hydrogens (primary N) is 1. The first kappa shape index (κ1) is 16.9. The highest BCUT2D eigenvalue weighted by Crippen LogP contribution is 2.07. The van der Waals surface area contributed by atoms with Gasteiger partial charge in [-0.2, -0.15) is 0 Å². The van der Waals surface area contributed by atoms with E-state index in [2.05, 4.69) is 51.8 Å². The maximum Gasteiger partial charge on any atom is 0.0112 e. The van der Waals surface area contributed by atoms with Gasteiger partial charge >= 0.3 is 0 Å². The van der Waals surface area contributed by atoms with Crippen molar-refractivity contribution in [3.63, 3.8) is 0 Å². The van der Waals surface area contributed by atoms with E-state index in [1.165, 1.54) is 0 Å². The van der Waals surface area contributed by atoms with Gasteiger partial charge in [-0.3, -0.25) is 4.90 Å². The predicted molar refractivity (Wildman–Crippen MR) is 77.2 cm³/mol. The van der Waals surface area contributed by atoms with E-state index in [-0.39, 0.29) is 0 Å². The molecule has 3 N–H and O–H groups in total. The second-order valence-electron chi connectivity index (χ2n) is 5.87. The van der Waals surface area contributed by atoms with Gasteiger partial charge in [-0.05, 0) is 52.6 Å². The Balaban J connectivity index is 3.82. The Morgan fingerprint density at radius 2 is 1.53 bits per heavy atom. The van der Waals surface area contributed by atoms with Gasteiger partial charge in [-0.25, -0.2) is 0 Å². The quantitative estimate of drug-likeness (QED) is 0.608. The fourth-order valence-electron chi connectivity index (χ4n) is 2.20. The molecule has 0 aliphatic rings. The lowest BCUT2D eigenvalue weighted by atomic mass is 9.96. The first-order valence-corrected chi connectivity index (χ1v) is 7.06. The van der Waals surface area contributed by atoms with Gasteiger partial charge in [0.1, 0.15) is 0 Å². The van der Waals surface area contributed by atoms with Crippen molar-refractivity contribution in [2.75, 3.05) is 26.2 Å². The van der Waals surface area contributed by atoms with Crippen LogP contribution in [0.4, 0.5) is 0 Å². The van der Waals surface area contributed by atoms with Crippen LogP contribution in [-0.2, 0) is 0 Å². The lowest BCUT2D eigenvalue weighted by molar-refractivity contribution is 0.174. The molecule has 104 valence electrons. The molecule has 0 saturated carbocycles. The molecule has 0 amide bonds. The van der Waals surface area contributed by atoms with Crippen LogP contribution in [0.15, 0.2) is 0 Å². The minimum atomic E-state index is 0.599. The van der Waals surface area contributed by atoms with Crippen LogP contribution < -0.4 is 11.1 Å². The smallest absolute Gasteiger partial charge is 0.0112 e. The second kappa shape index (κ2) is 8.90. The number of rotatable bonds is 9. The summed E-state index contributed by atoms with van der Waals surface area (Å²) < 4.78 is 0. The Bertz CT molecular complexity index is 170. The molecule has 0 heterocycles. The summed E-state index contributed by atoms with van der Waals surface area (Å²) in [7, 11) is 0. The van der Waals surface area contributed by atoms with Gasteiger partial charge < -0.3 is 11.1 Å². The van der Waals surface area contributed by atoms with E-state index in [4.69, 9.17) is 5.73 Å². The first-order chi connectivity index (χ1) is 7.90. The summed E-state index contributed by atoms with van der Waals surface area (Å²) in [5.74, 6) is 1.26. The van der Waals surface area contributed by atoms with Crippen LogP contribution in [0.2, 0.25) is 0 Å². The van der Waals surface area contributed by atoms with Crippen LogP contribution in [0.25, 0.3) is 0 Å². The molecule has 0 saturated heterocycles. The van der Waals surface area contributed by atoms with E-state index in [0.29, 0.717) is 23.9 Å². The maximum absolute atomic E-state index is 5.76. The molecule has 0 radical (unpaired) electrons. The topological polar surface area (TPSA) is 41.3 Å². The zero-order chi connectivity index (χ0) is 13.4. The van der Waals surface area contributed by atoms with Crippen molar-refractivity contribution in [2.45, 2.75) is 53.6 Å². The van der Waals surface area contributed by atoms with Crippen LogP contribution in [0.1, 0.15) is 41.5 Å². The van der Waals surface area contributed by atoms with Crippen molar-refractivity contribution < 1.29 is 0 Å². The average molecular weight is 243 g/mol. The summed E-state index contributed by atoms with van der Waals surface area (Å²) in [4.78, 5) is 2.51. The number of hydrogen-bond donors (Lipinski definition) is 2. The minimum absolute atomic E-state index is 0.599. The Labute approximate surface area is 108 Å². The summed E-state index contributed by atoms with van der Waals surface area (Å²) in [5, 5.41) is 3.54. The summed E-state index contributed by atoms with van der Waals surface area (Å²) in [6, 6.07) is 1.24. The molecule has 0 aromatic heterocycles. The average Bonchev–Trinajstić information content (AvgIpc) is 2.21. The molecule has 0 aliphatic heterocycles. The zero-order valence-electron chi connectivity index (χ0n) is 12.7. The van der Waals surface area contributed by atoms with Crippen molar-refractivity contribution >= 4 is 0 Å². The lowest BCUT2D eigenvalue weighted by Crippen LogP contribution is -2.42. The van der Waals surface area contributed by atoms with Crippen LogP contribution in [-0.4, -0.2) is 43.2 Å². The van der Waals surface area contributed by atoms with Gasteiger partial charge in [0.25, 0.3) is 0 Å². The molecule has 0 rings (SSSR count). The van der Waals surface area contributed by atoms with Crippen LogP contribution in [0.5, 0.6) is 0 Å². The summed E-state index contributed by atoms with van der Waals surface area (Å²) in [6.45, 7) is 17.5. The van der Waals surface area contributed by atoms with E-state index < -0.39 is 0 Å².